The zero-order valence-electron chi connectivity index (χ0n) is 14.6. The lowest BCUT2D eigenvalue weighted by molar-refractivity contribution is 0.0914. The highest BCUT2D eigenvalue weighted by atomic mass is 35.5. The Morgan fingerprint density at radius 1 is 1.32 bits per heavy atom. The van der Waals surface area contributed by atoms with Crippen LogP contribution in [0.5, 0.6) is 0 Å². The largest absolute Gasteiger partial charge is 0.360 e. The summed E-state index contributed by atoms with van der Waals surface area (Å²) in [4.78, 5) is 13.0. The molecule has 2 saturated carbocycles. The number of fused-ring (bicyclic) bond motifs is 2. The first-order chi connectivity index (χ1) is 12.0. The highest BCUT2D eigenvalue weighted by molar-refractivity contribution is 6.33. The summed E-state index contributed by atoms with van der Waals surface area (Å²) < 4.78 is 5.31. The molecular weight excluding hydrogens is 336 g/mol. The van der Waals surface area contributed by atoms with E-state index in [9.17, 15) is 4.79 Å². The molecule has 2 aliphatic rings. The lowest BCUT2D eigenvalue weighted by Crippen LogP contribution is -2.40. The molecule has 1 N–H and O–H groups in total. The van der Waals surface area contributed by atoms with Crippen molar-refractivity contribution >= 4 is 17.5 Å². The van der Waals surface area contributed by atoms with Crippen LogP contribution in [-0.4, -0.2) is 17.1 Å². The van der Waals surface area contributed by atoms with Gasteiger partial charge in [-0.05, 0) is 56.9 Å². The van der Waals surface area contributed by atoms with Crippen LogP contribution in [0.4, 0.5) is 0 Å². The van der Waals surface area contributed by atoms with E-state index in [0.29, 0.717) is 28.0 Å². The lowest BCUT2D eigenvalue weighted by Gasteiger charge is -2.28. The number of hydrogen-bond donors (Lipinski definition) is 1. The standard InChI is InChI=1S/C20H23ClN2O2/c1-11(16-10-13-7-8-14(16)9-13)22-20(24)18-12(2)25-23-19(18)15-5-3-4-6-17(15)21/h3-6,11,13-14,16H,7-10H2,1-2H3,(H,22,24)/t11-,13-,14-,16+/m0/s1. The SMILES string of the molecule is Cc1onc(-c2ccccc2Cl)c1C(=O)N[C@@H](C)[C@H]1C[C@H]2CC[C@H]1C2. The normalized spacial score (nSPS) is 26.0. The minimum Gasteiger partial charge on any atom is -0.360 e. The summed E-state index contributed by atoms with van der Waals surface area (Å²) in [5, 5.41) is 7.85. The molecule has 0 unspecified atom stereocenters. The number of aryl methyl sites for hydroxylation is 1. The van der Waals surface area contributed by atoms with Crippen molar-refractivity contribution in [1.82, 2.24) is 10.5 Å². The first-order valence-electron chi connectivity index (χ1n) is 9.06. The summed E-state index contributed by atoms with van der Waals surface area (Å²) in [5.41, 5.74) is 1.72. The van der Waals surface area contributed by atoms with Crippen molar-refractivity contribution in [1.29, 1.82) is 0 Å². The van der Waals surface area contributed by atoms with Crippen molar-refractivity contribution in [3.05, 3.63) is 40.6 Å². The van der Waals surface area contributed by atoms with Gasteiger partial charge in [-0.15, -0.1) is 0 Å². The van der Waals surface area contributed by atoms with Crippen molar-refractivity contribution in [3.8, 4) is 11.3 Å². The summed E-state index contributed by atoms with van der Waals surface area (Å²) in [6.45, 7) is 3.89. The fourth-order valence-electron chi connectivity index (χ4n) is 4.77. The van der Waals surface area contributed by atoms with Crippen molar-refractivity contribution in [2.45, 2.75) is 45.6 Å². The third-order valence-corrected chi connectivity index (χ3v) is 6.34. The number of nitrogens with one attached hydrogen (secondary N) is 1. The molecule has 1 aromatic carbocycles. The first kappa shape index (κ1) is 16.6. The van der Waals surface area contributed by atoms with Gasteiger partial charge < -0.3 is 9.84 Å². The zero-order chi connectivity index (χ0) is 17.6. The molecule has 0 saturated heterocycles. The van der Waals surface area contributed by atoms with Crippen LogP contribution >= 0.6 is 11.6 Å². The number of amides is 1. The van der Waals surface area contributed by atoms with Crippen LogP contribution in [0.15, 0.2) is 28.8 Å². The van der Waals surface area contributed by atoms with Gasteiger partial charge in [-0.1, -0.05) is 41.4 Å². The van der Waals surface area contributed by atoms with Crippen LogP contribution in [0, 0.1) is 24.7 Å². The Kier molecular flexibility index (Phi) is 4.32. The van der Waals surface area contributed by atoms with Gasteiger partial charge in [0.05, 0.1) is 5.02 Å². The highest BCUT2D eigenvalue weighted by Crippen LogP contribution is 2.49. The van der Waals surface area contributed by atoms with E-state index in [1.807, 2.05) is 18.2 Å². The molecule has 2 aromatic rings. The monoisotopic (exact) mass is 358 g/mol. The molecule has 5 heteroatoms. The third kappa shape index (κ3) is 2.97. The van der Waals surface area contributed by atoms with E-state index in [1.165, 1.54) is 25.7 Å². The number of hydrogen-bond acceptors (Lipinski definition) is 3. The van der Waals surface area contributed by atoms with E-state index in [2.05, 4.69) is 17.4 Å². The van der Waals surface area contributed by atoms with Gasteiger partial charge in [0.15, 0.2) is 0 Å². The number of benzene rings is 1. The third-order valence-electron chi connectivity index (χ3n) is 6.01. The molecule has 0 spiro atoms. The van der Waals surface area contributed by atoms with Gasteiger partial charge in [-0.25, -0.2) is 0 Å². The zero-order valence-corrected chi connectivity index (χ0v) is 15.3. The summed E-state index contributed by atoms with van der Waals surface area (Å²) in [6, 6.07) is 7.55. The molecular formula is C20H23ClN2O2. The van der Waals surface area contributed by atoms with Crippen LogP contribution in [0.2, 0.25) is 5.02 Å². The van der Waals surface area contributed by atoms with E-state index in [0.717, 1.165) is 17.4 Å². The molecule has 2 aliphatic carbocycles. The number of carbonyl (C=O) groups excluding carboxylic acids is 1. The van der Waals surface area contributed by atoms with E-state index in [-0.39, 0.29) is 11.9 Å². The summed E-state index contributed by atoms with van der Waals surface area (Å²) in [6.07, 6.45) is 5.25. The molecule has 4 atom stereocenters. The molecule has 0 aliphatic heterocycles. The number of rotatable bonds is 4. The van der Waals surface area contributed by atoms with E-state index >= 15 is 0 Å². The Bertz CT molecular complexity index is 801. The van der Waals surface area contributed by atoms with Crippen LogP contribution in [-0.2, 0) is 0 Å². The van der Waals surface area contributed by atoms with Crippen LogP contribution in [0.25, 0.3) is 11.3 Å². The summed E-state index contributed by atoms with van der Waals surface area (Å²) >= 11 is 6.28. The average Bonchev–Trinajstić information content (AvgIpc) is 3.30. The van der Waals surface area contributed by atoms with Gasteiger partial charge in [-0.3, -0.25) is 4.79 Å². The highest BCUT2D eigenvalue weighted by Gasteiger charge is 2.42. The maximum absolute atomic E-state index is 13.0. The van der Waals surface area contributed by atoms with Crippen LogP contribution in [0.3, 0.4) is 0 Å². The van der Waals surface area contributed by atoms with Gasteiger partial charge in [0, 0.05) is 11.6 Å². The molecule has 0 radical (unpaired) electrons. The lowest BCUT2D eigenvalue weighted by atomic mass is 9.84. The predicted molar refractivity (Wildman–Crippen MR) is 97.6 cm³/mol. The fourth-order valence-corrected chi connectivity index (χ4v) is 4.99. The van der Waals surface area contributed by atoms with Gasteiger partial charge in [0.25, 0.3) is 5.91 Å². The van der Waals surface area contributed by atoms with Crippen molar-refractivity contribution in [2.24, 2.45) is 17.8 Å². The Labute approximate surface area is 152 Å². The molecule has 4 rings (SSSR count). The molecule has 1 heterocycles. The van der Waals surface area contributed by atoms with Crippen molar-refractivity contribution in [2.75, 3.05) is 0 Å². The van der Waals surface area contributed by atoms with E-state index in [4.69, 9.17) is 16.1 Å². The number of carbonyl (C=O) groups is 1. The molecule has 1 amide bonds. The Morgan fingerprint density at radius 3 is 2.80 bits per heavy atom. The smallest absolute Gasteiger partial charge is 0.257 e. The quantitative estimate of drug-likeness (QED) is 0.849. The minimum absolute atomic E-state index is 0.121. The average molecular weight is 359 g/mol. The predicted octanol–water partition coefficient (Wildman–Crippen LogP) is 4.86. The summed E-state index contributed by atoms with van der Waals surface area (Å²) in [7, 11) is 0. The Morgan fingerprint density at radius 2 is 2.12 bits per heavy atom. The number of aromatic nitrogens is 1. The van der Waals surface area contributed by atoms with Crippen molar-refractivity contribution in [3.63, 3.8) is 0 Å². The van der Waals surface area contributed by atoms with Crippen molar-refractivity contribution < 1.29 is 9.32 Å². The summed E-state index contributed by atoms with van der Waals surface area (Å²) in [5.74, 6) is 2.63. The van der Waals surface area contributed by atoms with Crippen LogP contribution < -0.4 is 5.32 Å². The van der Waals surface area contributed by atoms with Crippen LogP contribution in [0.1, 0.15) is 48.7 Å². The van der Waals surface area contributed by atoms with Gasteiger partial charge >= 0.3 is 0 Å². The van der Waals surface area contributed by atoms with Gasteiger partial charge in [-0.2, -0.15) is 0 Å². The molecule has 25 heavy (non-hydrogen) atoms. The van der Waals surface area contributed by atoms with E-state index < -0.39 is 0 Å². The minimum atomic E-state index is -0.121. The van der Waals surface area contributed by atoms with E-state index in [1.54, 1.807) is 13.0 Å². The first-order valence-corrected chi connectivity index (χ1v) is 9.44. The topological polar surface area (TPSA) is 55.1 Å². The molecule has 132 valence electrons. The second-order valence-electron chi connectivity index (χ2n) is 7.54. The maximum atomic E-state index is 13.0. The second-order valence-corrected chi connectivity index (χ2v) is 7.95. The fraction of sp³-hybridized carbons (Fsp3) is 0.500. The van der Waals surface area contributed by atoms with Gasteiger partial charge in [0.2, 0.25) is 0 Å². The maximum Gasteiger partial charge on any atom is 0.257 e. The Hall–Kier alpha value is -1.81. The second kappa shape index (κ2) is 6.49. The Balaban J connectivity index is 1.56. The molecule has 4 nitrogen and oxygen atoms in total. The molecule has 2 bridgehead atoms. The number of nitrogens with zero attached hydrogens (tertiary/aromatic N) is 1. The molecule has 1 aromatic heterocycles. The number of halogens is 1. The van der Waals surface area contributed by atoms with Gasteiger partial charge in [0.1, 0.15) is 17.0 Å². The molecule has 2 fully saturated rings.